The Labute approximate surface area is 93.8 Å². The number of furan rings is 1. The van der Waals surface area contributed by atoms with Crippen LogP contribution in [0, 0.1) is 5.92 Å². The highest BCUT2D eigenvalue weighted by Gasteiger charge is 2.52. The van der Waals surface area contributed by atoms with Crippen LogP contribution in [0.1, 0.15) is 48.7 Å². The summed E-state index contributed by atoms with van der Waals surface area (Å²) in [6, 6.07) is 1.76. The van der Waals surface area contributed by atoms with Crippen molar-refractivity contribution in [2.45, 2.75) is 38.0 Å². The lowest BCUT2D eigenvalue weighted by atomic mass is 9.75. The van der Waals surface area contributed by atoms with Gasteiger partial charge in [-0.25, -0.2) is 0 Å². The molecule has 1 aromatic heterocycles. The smallest absolute Gasteiger partial charge is 0.170 e. The third-order valence-electron chi connectivity index (χ3n) is 4.17. The summed E-state index contributed by atoms with van der Waals surface area (Å²) in [4.78, 5) is 23.7. The maximum absolute atomic E-state index is 12.2. The van der Waals surface area contributed by atoms with Gasteiger partial charge in [0.1, 0.15) is 11.5 Å². The van der Waals surface area contributed by atoms with E-state index in [1.165, 1.54) is 0 Å². The van der Waals surface area contributed by atoms with E-state index in [4.69, 9.17) is 4.42 Å². The highest BCUT2D eigenvalue weighted by molar-refractivity contribution is 6.03. The predicted octanol–water partition coefficient (Wildman–Crippen LogP) is 2.49. The topological polar surface area (TPSA) is 47.3 Å². The molecule has 0 bridgehead atoms. The average Bonchev–Trinajstić information content (AvgIpc) is 2.76. The van der Waals surface area contributed by atoms with Gasteiger partial charge in [0.25, 0.3) is 0 Å². The van der Waals surface area contributed by atoms with Crippen molar-refractivity contribution in [1.82, 2.24) is 0 Å². The van der Waals surface area contributed by atoms with Crippen LogP contribution in [0.15, 0.2) is 16.7 Å². The lowest BCUT2D eigenvalue weighted by molar-refractivity contribution is -0.119. The molecule has 3 nitrogen and oxygen atoms in total. The van der Waals surface area contributed by atoms with E-state index < -0.39 is 0 Å². The van der Waals surface area contributed by atoms with Crippen LogP contribution in [0.3, 0.4) is 0 Å². The first kappa shape index (κ1) is 9.82. The van der Waals surface area contributed by atoms with Crippen molar-refractivity contribution in [1.29, 1.82) is 0 Å². The summed E-state index contributed by atoms with van der Waals surface area (Å²) in [5.41, 5.74) is 0.490. The first-order valence-electron chi connectivity index (χ1n) is 5.77. The van der Waals surface area contributed by atoms with Crippen LogP contribution in [0.25, 0.3) is 0 Å². The minimum absolute atomic E-state index is 0.0473. The molecule has 1 saturated carbocycles. The quantitative estimate of drug-likeness (QED) is 0.672. The van der Waals surface area contributed by atoms with Crippen molar-refractivity contribution < 1.29 is 14.0 Å². The summed E-state index contributed by atoms with van der Waals surface area (Å²) in [7, 11) is 0. The molecule has 1 heterocycles. The van der Waals surface area contributed by atoms with E-state index in [1.54, 1.807) is 12.3 Å². The van der Waals surface area contributed by atoms with Crippen LogP contribution < -0.4 is 0 Å². The van der Waals surface area contributed by atoms with Crippen LogP contribution in [-0.4, -0.2) is 11.6 Å². The average molecular weight is 218 g/mol. The van der Waals surface area contributed by atoms with Gasteiger partial charge in [-0.15, -0.1) is 0 Å². The minimum Gasteiger partial charge on any atom is -0.468 e. The maximum Gasteiger partial charge on any atom is 0.170 e. The molecule has 2 aliphatic carbocycles. The van der Waals surface area contributed by atoms with E-state index in [9.17, 15) is 9.59 Å². The van der Waals surface area contributed by atoms with Gasteiger partial charge in [-0.05, 0) is 18.9 Å². The molecule has 0 radical (unpaired) electrons. The fourth-order valence-electron chi connectivity index (χ4n) is 3.15. The number of ketones is 2. The fourth-order valence-corrected chi connectivity index (χ4v) is 3.15. The summed E-state index contributed by atoms with van der Waals surface area (Å²) in [5, 5.41) is 0. The van der Waals surface area contributed by atoms with Crippen LogP contribution in [0.2, 0.25) is 0 Å². The van der Waals surface area contributed by atoms with E-state index in [0.717, 1.165) is 17.7 Å². The molecule has 2 aliphatic rings. The summed E-state index contributed by atoms with van der Waals surface area (Å²) < 4.78 is 5.48. The minimum atomic E-state index is -0.248. The summed E-state index contributed by atoms with van der Waals surface area (Å²) in [6.07, 6.45) is 4.11. The van der Waals surface area contributed by atoms with Crippen LogP contribution >= 0.6 is 0 Å². The third-order valence-corrected chi connectivity index (χ3v) is 4.17. The summed E-state index contributed by atoms with van der Waals surface area (Å²) in [6.45, 7) is 2.06. The van der Waals surface area contributed by atoms with Crippen molar-refractivity contribution in [3.8, 4) is 0 Å². The maximum atomic E-state index is 12.2. The lowest BCUT2D eigenvalue weighted by Gasteiger charge is -2.27. The number of carbonyl (C=O) groups is 2. The van der Waals surface area contributed by atoms with Gasteiger partial charge >= 0.3 is 0 Å². The Hall–Kier alpha value is -1.38. The number of Topliss-reactive ketones (excluding diaryl/α,β-unsaturated/α-hetero) is 2. The normalized spacial score (nSPS) is 33.4. The monoisotopic (exact) mass is 218 g/mol. The molecule has 84 valence electrons. The van der Waals surface area contributed by atoms with Crippen molar-refractivity contribution in [2.75, 3.05) is 0 Å². The Balaban J connectivity index is 2.10. The molecule has 16 heavy (non-hydrogen) atoms. The first-order chi connectivity index (χ1) is 7.63. The molecular formula is C13H14O3. The zero-order valence-electron chi connectivity index (χ0n) is 9.29. The zero-order valence-corrected chi connectivity index (χ0v) is 9.29. The SMILES string of the molecule is C[C@]12CCC(=O)CCC1C(=O)c1ccoc12. The standard InChI is InChI=1S/C13H14O3/c1-13-6-4-8(14)2-3-10(13)11(15)9-5-7-16-12(9)13/h5,7,10H,2-4,6H2,1H3/t10?,13-/m0/s1. The van der Waals surface area contributed by atoms with Crippen LogP contribution in [0.4, 0.5) is 0 Å². The zero-order chi connectivity index (χ0) is 11.3. The highest BCUT2D eigenvalue weighted by Crippen LogP contribution is 2.49. The number of fused-ring (bicyclic) bond motifs is 3. The van der Waals surface area contributed by atoms with Gasteiger partial charge in [0.05, 0.1) is 11.8 Å². The molecule has 1 aromatic rings. The van der Waals surface area contributed by atoms with Gasteiger partial charge in [0.2, 0.25) is 0 Å². The third kappa shape index (κ3) is 1.09. The fraction of sp³-hybridized carbons (Fsp3) is 0.538. The van der Waals surface area contributed by atoms with Crippen molar-refractivity contribution in [2.24, 2.45) is 5.92 Å². The molecule has 3 heteroatoms. The van der Waals surface area contributed by atoms with Gasteiger partial charge in [-0.3, -0.25) is 9.59 Å². The van der Waals surface area contributed by atoms with Gasteiger partial charge in [-0.2, -0.15) is 0 Å². The van der Waals surface area contributed by atoms with E-state index in [-0.39, 0.29) is 22.9 Å². The van der Waals surface area contributed by atoms with E-state index in [0.29, 0.717) is 19.3 Å². The Kier molecular flexibility index (Phi) is 1.88. The molecule has 0 aliphatic heterocycles. The molecule has 0 aromatic carbocycles. The van der Waals surface area contributed by atoms with Gasteiger partial charge in [0.15, 0.2) is 5.78 Å². The molecule has 1 fully saturated rings. The largest absolute Gasteiger partial charge is 0.468 e. The van der Waals surface area contributed by atoms with Crippen LogP contribution in [-0.2, 0) is 10.2 Å². The first-order valence-corrected chi connectivity index (χ1v) is 5.77. The molecule has 0 spiro atoms. The Morgan fingerprint density at radius 1 is 1.38 bits per heavy atom. The van der Waals surface area contributed by atoms with E-state index in [2.05, 4.69) is 6.92 Å². The Morgan fingerprint density at radius 2 is 2.19 bits per heavy atom. The van der Waals surface area contributed by atoms with Gasteiger partial charge in [0, 0.05) is 24.2 Å². The van der Waals surface area contributed by atoms with Gasteiger partial charge in [-0.1, -0.05) is 6.92 Å². The molecule has 0 amide bonds. The number of rotatable bonds is 0. The highest BCUT2D eigenvalue weighted by atomic mass is 16.3. The second-order valence-corrected chi connectivity index (χ2v) is 5.08. The van der Waals surface area contributed by atoms with Crippen molar-refractivity contribution in [3.63, 3.8) is 0 Å². The van der Waals surface area contributed by atoms with Crippen molar-refractivity contribution in [3.05, 3.63) is 23.7 Å². The molecule has 1 unspecified atom stereocenters. The lowest BCUT2D eigenvalue weighted by Crippen LogP contribution is -2.29. The molecular weight excluding hydrogens is 204 g/mol. The van der Waals surface area contributed by atoms with Gasteiger partial charge < -0.3 is 4.42 Å². The second kappa shape index (κ2) is 3.06. The molecule has 2 atom stereocenters. The molecule has 3 rings (SSSR count). The summed E-state index contributed by atoms with van der Waals surface area (Å²) in [5.74, 6) is 1.20. The van der Waals surface area contributed by atoms with Crippen LogP contribution in [0.5, 0.6) is 0 Å². The second-order valence-electron chi connectivity index (χ2n) is 5.08. The molecule has 0 N–H and O–H groups in total. The Bertz CT molecular complexity index is 471. The number of carbonyl (C=O) groups excluding carboxylic acids is 2. The number of hydrogen-bond donors (Lipinski definition) is 0. The predicted molar refractivity (Wildman–Crippen MR) is 57.4 cm³/mol. The van der Waals surface area contributed by atoms with E-state index >= 15 is 0 Å². The summed E-state index contributed by atoms with van der Waals surface area (Å²) >= 11 is 0. The Morgan fingerprint density at radius 3 is 3.00 bits per heavy atom. The van der Waals surface area contributed by atoms with E-state index in [1.807, 2.05) is 0 Å². The molecule has 0 saturated heterocycles. The van der Waals surface area contributed by atoms with Crippen molar-refractivity contribution >= 4 is 11.6 Å². The number of hydrogen-bond acceptors (Lipinski definition) is 3.